The fraction of sp³-hybridized carbons (Fsp3) is 0.107. The highest BCUT2D eigenvalue weighted by Crippen LogP contribution is 2.25. The van der Waals surface area contributed by atoms with Gasteiger partial charge in [0.2, 0.25) is 11.9 Å². The van der Waals surface area contributed by atoms with Gasteiger partial charge in [-0.15, -0.1) is 0 Å². The SMILES string of the molecule is CNc1nccc(-c2nc3cc(C(=O)N[C@@H](CN(c4ccccc4)c4ccccc4)C(N)=O)ccc3[nH]2)n1. The van der Waals surface area contributed by atoms with E-state index in [0.29, 0.717) is 28.5 Å². The first-order valence-electron chi connectivity index (χ1n) is 12.0. The summed E-state index contributed by atoms with van der Waals surface area (Å²) in [4.78, 5) is 43.9. The molecule has 5 rings (SSSR count). The molecule has 5 aromatic rings. The Labute approximate surface area is 218 Å². The summed E-state index contributed by atoms with van der Waals surface area (Å²) < 4.78 is 0. The summed E-state index contributed by atoms with van der Waals surface area (Å²) in [5, 5.41) is 5.70. The topological polar surface area (TPSA) is 142 Å². The predicted molar refractivity (Wildman–Crippen MR) is 147 cm³/mol. The van der Waals surface area contributed by atoms with Crippen molar-refractivity contribution in [1.82, 2.24) is 25.3 Å². The number of carbonyl (C=O) groups excluding carboxylic acids is 2. The third kappa shape index (κ3) is 5.29. The minimum Gasteiger partial charge on any atom is -0.368 e. The molecule has 0 fully saturated rings. The molecule has 10 nitrogen and oxygen atoms in total. The Morgan fingerprint density at radius 3 is 2.26 bits per heavy atom. The van der Waals surface area contributed by atoms with Crippen LogP contribution < -0.4 is 21.3 Å². The Balaban J connectivity index is 1.38. The van der Waals surface area contributed by atoms with Gasteiger partial charge < -0.3 is 26.3 Å². The molecule has 0 spiro atoms. The smallest absolute Gasteiger partial charge is 0.252 e. The molecule has 0 aliphatic rings. The summed E-state index contributed by atoms with van der Waals surface area (Å²) in [6.45, 7) is 0.158. The van der Waals surface area contributed by atoms with Crippen LogP contribution in [0.4, 0.5) is 17.3 Å². The van der Waals surface area contributed by atoms with Gasteiger partial charge in [0.05, 0.1) is 17.6 Å². The van der Waals surface area contributed by atoms with Crippen molar-refractivity contribution in [2.24, 2.45) is 5.73 Å². The van der Waals surface area contributed by atoms with E-state index in [1.165, 1.54) is 0 Å². The summed E-state index contributed by atoms with van der Waals surface area (Å²) in [6, 6.07) is 25.1. The van der Waals surface area contributed by atoms with Gasteiger partial charge in [-0.25, -0.2) is 15.0 Å². The van der Waals surface area contributed by atoms with Crippen molar-refractivity contribution < 1.29 is 9.59 Å². The number of nitrogens with zero attached hydrogens (tertiary/aromatic N) is 4. The number of nitrogens with two attached hydrogens (primary N) is 1. The minimum atomic E-state index is -0.950. The molecular weight excluding hydrogens is 480 g/mol. The zero-order valence-corrected chi connectivity index (χ0v) is 20.6. The summed E-state index contributed by atoms with van der Waals surface area (Å²) in [6.07, 6.45) is 1.64. The average molecular weight is 507 g/mol. The number of primary amides is 1. The molecule has 0 unspecified atom stereocenters. The molecule has 0 saturated carbocycles. The highest BCUT2D eigenvalue weighted by molar-refractivity contribution is 6.00. The minimum absolute atomic E-state index is 0.158. The quantitative estimate of drug-likeness (QED) is 0.240. The van der Waals surface area contributed by atoms with Crippen LogP contribution in [0.25, 0.3) is 22.6 Å². The van der Waals surface area contributed by atoms with E-state index in [1.54, 1.807) is 37.5 Å². The number of nitrogens with one attached hydrogen (secondary N) is 3. The van der Waals surface area contributed by atoms with Crippen LogP contribution in [0.2, 0.25) is 0 Å². The van der Waals surface area contributed by atoms with Crippen LogP contribution in [-0.4, -0.2) is 51.4 Å². The van der Waals surface area contributed by atoms with Crippen molar-refractivity contribution in [3.63, 3.8) is 0 Å². The number of hydrogen-bond donors (Lipinski definition) is 4. The summed E-state index contributed by atoms with van der Waals surface area (Å²) >= 11 is 0. The largest absolute Gasteiger partial charge is 0.368 e. The van der Waals surface area contributed by atoms with E-state index in [0.717, 1.165) is 16.9 Å². The summed E-state index contributed by atoms with van der Waals surface area (Å²) in [7, 11) is 1.74. The van der Waals surface area contributed by atoms with Gasteiger partial charge in [0.25, 0.3) is 5.91 Å². The number of fused-ring (bicyclic) bond motifs is 1. The maximum absolute atomic E-state index is 13.2. The first-order chi connectivity index (χ1) is 18.5. The van der Waals surface area contributed by atoms with Gasteiger partial charge in [0.15, 0.2) is 5.82 Å². The zero-order valence-electron chi connectivity index (χ0n) is 20.6. The number of benzene rings is 3. The molecule has 38 heavy (non-hydrogen) atoms. The molecular formula is C28H26N8O2. The lowest BCUT2D eigenvalue weighted by atomic mass is 10.1. The number of aromatic amines is 1. The highest BCUT2D eigenvalue weighted by Gasteiger charge is 2.24. The molecule has 0 saturated heterocycles. The molecule has 2 aromatic heterocycles. The van der Waals surface area contributed by atoms with Gasteiger partial charge in [-0.3, -0.25) is 9.59 Å². The molecule has 0 bridgehead atoms. The van der Waals surface area contributed by atoms with Crippen LogP contribution in [0.1, 0.15) is 10.4 Å². The number of para-hydroxylation sites is 2. The van der Waals surface area contributed by atoms with Crippen molar-refractivity contribution in [2.45, 2.75) is 6.04 Å². The second kappa shape index (κ2) is 10.8. The van der Waals surface area contributed by atoms with E-state index in [9.17, 15) is 9.59 Å². The molecule has 0 radical (unpaired) electrons. The van der Waals surface area contributed by atoms with E-state index < -0.39 is 17.9 Å². The van der Waals surface area contributed by atoms with E-state index >= 15 is 0 Å². The molecule has 3 aromatic carbocycles. The van der Waals surface area contributed by atoms with Gasteiger partial charge in [0.1, 0.15) is 11.7 Å². The first kappa shape index (κ1) is 24.4. The highest BCUT2D eigenvalue weighted by atomic mass is 16.2. The van der Waals surface area contributed by atoms with E-state index in [1.807, 2.05) is 65.6 Å². The van der Waals surface area contributed by atoms with Gasteiger partial charge in [-0.1, -0.05) is 36.4 Å². The summed E-state index contributed by atoms with van der Waals surface area (Å²) in [5.74, 6) is -0.0447. The fourth-order valence-corrected chi connectivity index (χ4v) is 4.09. The molecule has 2 amide bonds. The Morgan fingerprint density at radius 2 is 1.63 bits per heavy atom. The molecule has 0 aliphatic heterocycles. The Bertz CT molecular complexity index is 1530. The monoisotopic (exact) mass is 506 g/mol. The lowest BCUT2D eigenvalue weighted by Crippen LogP contribution is -2.50. The predicted octanol–water partition coefficient (Wildman–Crippen LogP) is 3.48. The Morgan fingerprint density at radius 1 is 0.947 bits per heavy atom. The number of anilines is 3. The lowest BCUT2D eigenvalue weighted by molar-refractivity contribution is -0.119. The summed E-state index contributed by atoms with van der Waals surface area (Å²) in [5.41, 5.74) is 9.77. The zero-order chi connectivity index (χ0) is 26.5. The maximum atomic E-state index is 13.2. The van der Waals surface area contributed by atoms with Gasteiger partial charge >= 0.3 is 0 Å². The standard InChI is InChI=1S/C28H26N8O2/c1-30-28-31-15-14-22(35-28)26-32-21-13-12-18(16-23(21)33-26)27(38)34-24(25(29)37)17-36(19-8-4-2-5-9-19)20-10-6-3-7-11-20/h2-16,24H,17H2,1H3,(H2,29,37)(H,32,33)(H,34,38)(H,30,31,35)/t24-/m0/s1. The normalized spacial score (nSPS) is 11.6. The number of carbonyl (C=O) groups is 2. The second-order valence-corrected chi connectivity index (χ2v) is 8.54. The second-order valence-electron chi connectivity index (χ2n) is 8.54. The molecule has 5 N–H and O–H groups in total. The molecule has 1 atom stereocenters. The van der Waals surface area contributed by atoms with Crippen LogP contribution in [-0.2, 0) is 4.79 Å². The van der Waals surface area contributed by atoms with Crippen LogP contribution in [0, 0.1) is 0 Å². The van der Waals surface area contributed by atoms with Crippen LogP contribution in [0.3, 0.4) is 0 Å². The molecule has 0 aliphatic carbocycles. The van der Waals surface area contributed by atoms with Gasteiger partial charge in [-0.2, -0.15) is 0 Å². The third-order valence-corrected chi connectivity index (χ3v) is 6.02. The first-order valence-corrected chi connectivity index (χ1v) is 12.0. The van der Waals surface area contributed by atoms with Crippen molar-refractivity contribution in [1.29, 1.82) is 0 Å². The van der Waals surface area contributed by atoms with Crippen LogP contribution in [0.15, 0.2) is 91.1 Å². The van der Waals surface area contributed by atoms with Crippen molar-refractivity contribution in [3.8, 4) is 11.5 Å². The van der Waals surface area contributed by atoms with Crippen molar-refractivity contribution in [2.75, 3.05) is 23.8 Å². The number of hydrogen-bond acceptors (Lipinski definition) is 7. The Hall–Kier alpha value is -5.25. The van der Waals surface area contributed by atoms with Crippen LogP contribution >= 0.6 is 0 Å². The fourth-order valence-electron chi connectivity index (χ4n) is 4.09. The number of amides is 2. The average Bonchev–Trinajstić information content (AvgIpc) is 3.39. The van der Waals surface area contributed by atoms with E-state index in [4.69, 9.17) is 5.73 Å². The lowest BCUT2D eigenvalue weighted by Gasteiger charge is -2.29. The number of imidazole rings is 1. The van der Waals surface area contributed by atoms with Crippen molar-refractivity contribution >= 4 is 40.2 Å². The van der Waals surface area contributed by atoms with E-state index in [-0.39, 0.29) is 6.54 Å². The number of aromatic nitrogens is 4. The third-order valence-electron chi connectivity index (χ3n) is 6.02. The van der Waals surface area contributed by atoms with Crippen molar-refractivity contribution in [3.05, 3.63) is 96.7 Å². The van der Waals surface area contributed by atoms with Gasteiger partial charge in [0, 0.05) is 30.2 Å². The van der Waals surface area contributed by atoms with Gasteiger partial charge in [-0.05, 0) is 48.5 Å². The van der Waals surface area contributed by atoms with Crippen LogP contribution in [0.5, 0.6) is 0 Å². The maximum Gasteiger partial charge on any atom is 0.252 e. The number of H-pyrrole nitrogens is 1. The molecule has 2 heterocycles. The Kier molecular flexibility index (Phi) is 6.94. The number of rotatable bonds is 9. The molecule has 190 valence electrons. The molecule has 10 heteroatoms. The van der Waals surface area contributed by atoms with E-state index in [2.05, 4.69) is 30.6 Å².